The molecule has 1 amide bonds. The third-order valence-electron chi connectivity index (χ3n) is 4.96. The summed E-state index contributed by atoms with van der Waals surface area (Å²) >= 11 is 1.52. The highest BCUT2D eigenvalue weighted by Gasteiger charge is 2.22. The first-order valence-electron chi connectivity index (χ1n) is 9.84. The number of amides is 1. The molecule has 6 heteroatoms. The second-order valence-electron chi connectivity index (χ2n) is 7.05. The maximum atomic E-state index is 13.3. The van der Waals surface area contributed by atoms with Crippen LogP contribution in [-0.4, -0.2) is 23.0 Å². The highest BCUT2D eigenvalue weighted by Crippen LogP contribution is 2.37. The number of carbonyl (C=O) groups excluding carboxylic acids is 1. The molecular formula is C24H23N3O2S. The van der Waals surface area contributed by atoms with Gasteiger partial charge in [0.1, 0.15) is 11.3 Å². The molecule has 0 saturated heterocycles. The largest absolute Gasteiger partial charge is 0.494 e. The van der Waals surface area contributed by atoms with Crippen molar-refractivity contribution in [2.24, 2.45) is 0 Å². The van der Waals surface area contributed by atoms with E-state index in [0.717, 1.165) is 27.0 Å². The second-order valence-corrected chi connectivity index (χ2v) is 8.02. The molecule has 2 heterocycles. The summed E-state index contributed by atoms with van der Waals surface area (Å²) in [5.41, 5.74) is 3.88. The van der Waals surface area contributed by atoms with Crippen LogP contribution in [0.1, 0.15) is 23.2 Å². The van der Waals surface area contributed by atoms with Crippen LogP contribution in [0.3, 0.4) is 0 Å². The zero-order valence-electron chi connectivity index (χ0n) is 17.0. The van der Waals surface area contributed by atoms with E-state index >= 15 is 0 Å². The number of pyridine rings is 1. The van der Waals surface area contributed by atoms with Crippen LogP contribution in [0.4, 0.5) is 5.13 Å². The average Bonchev–Trinajstić information content (AvgIpc) is 3.24. The minimum atomic E-state index is 0.0279. The van der Waals surface area contributed by atoms with Crippen molar-refractivity contribution in [1.82, 2.24) is 9.97 Å². The summed E-state index contributed by atoms with van der Waals surface area (Å²) in [7, 11) is 1.64. The number of methoxy groups -OCH3 is 1. The normalized spacial score (nSPS) is 10.9. The molecule has 0 bridgehead atoms. The number of carbonyl (C=O) groups is 1. The van der Waals surface area contributed by atoms with E-state index in [-0.39, 0.29) is 5.91 Å². The van der Waals surface area contributed by atoms with E-state index in [1.54, 1.807) is 18.2 Å². The van der Waals surface area contributed by atoms with Gasteiger partial charge in [-0.3, -0.25) is 14.7 Å². The summed E-state index contributed by atoms with van der Waals surface area (Å²) in [6.45, 7) is 2.43. The Labute approximate surface area is 180 Å². The summed E-state index contributed by atoms with van der Waals surface area (Å²) in [5.74, 6) is 0.743. The van der Waals surface area contributed by atoms with E-state index in [4.69, 9.17) is 9.72 Å². The monoisotopic (exact) mass is 417 g/mol. The van der Waals surface area contributed by atoms with Gasteiger partial charge in [0.2, 0.25) is 5.91 Å². The molecule has 0 fully saturated rings. The Morgan fingerprint density at radius 3 is 2.60 bits per heavy atom. The van der Waals surface area contributed by atoms with Gasteiger partial charge in [0.15, 0.2) is 5.13 Å². The third kappa shape index (κ3) is 4.33. The Morgan fingerprint density at radius 1 is 1.07 bits per heavy atom. The number of hydrogen-bond donors (Lipinski definition) is 0. The van der Waals surface area contributed by atoms with Gasteiger partial charge >= 0.3 is 0 Å². The summed E-state index contributed by atoms with van der Waals surface area (Å²) in [5, 5.41) is 0.668. The average molecular weight is 418 g/mol. The van der Waals surface area contributed by atoms with Crippen LogP contribution in [-0.2, 0) is 17.8 Å². The van der Waals surface area contributed by atoms with Gasteiger partial charge < -0.3 is 4.74 Å². The van der Waals surface area contributed by atoms with Crippen molar-refractivity contribution in [1.29, 1.82) is 0 Å². The molecule has 5 nitrogen and oxygen atoms in total. The van der Waals surface area contributed by atoms with Crippen molar-refractivity contribution in [2.75, 3.05) is 12.0 Å². The van der Waals surface area contributed by atoms with Crippen molar-refractivity contribution >= 4 is 32.6 Å². The summed E-state index contributed by atoms with van der Waals surface area (Å²) in [6, 6.07) is 19.7. The van der Waals surface area contributed by atoms with Gasteiger partial charge in [-0.1, -0.05) is 53.8 Å². The number of rotatable bonds is 7. The first-order chi connectivity index (χ1) is 14.7. The number of fused-ring (bicyclic) bond motifs is 1. The van der Waals surface area contributed by atoms with Crippen LogP contribution in [0.5, 0.6) is 5.75 Å². The Kier molecular flexibility index (Phi) is 6.05. The molecule has 0 aliphatic heterocycles. The maximum Gasteiger partial charge on any atom is 0.229 e. The molecule has 30 heavy (non-hydrogen) atoms. The van der Waals surface area contributed by atoms with Crippen molar-refractivity contribution < 1.29 is 9.53 Å². The van der Waals surface area contributed by atoms with Crippen molar-refractivity contribution in [3.05, 3.63) is 83.7 Å². The minimum absolute atomic E-state index is 0.0279. The Balaban J connectivity index is 1.67. The third-order valence-corrected chi connectivity index (χ3v) is 6.17. The van der Waals surface area contributed by atoms with E-state index in [9.17, 15) is 4.79 Å². The fourth-order valence-corrected chi connectivity index (χ4v) is 4.39. The van der Waals surface area contributed by atoms with Gasteiger partial charge in [0.05, 0.1) is 24.0 Å². The van der Waals surface area contributed by atoms with Crippen LogP contribution in [0.2, 0.25) is 0 Å². The van der Waals surface area contributed by atoms with E-state index in [1.165, 1.54) is 11.3 Å². The molecule has 0 radical (unpaired) electrons. The van der Waals surface area contributed by atoms with Gasteiger partial charge in [-0.25, -0.2) is 4.98 Å². The molecule has 4 aromatic rings. The fourth-order valence-electron chi connectivity index (χ4n) is 3.33. The van der Waals surface area contributed by atoms with Crippen LogP contribution in [0, 0.1) is 6.92 Å². The number of aryl methyl sites for hydroxylation is 2. The smallest absolute Gasteiger partial charge is 0.229 e. The summed E-state index contributed by atoms with van der Waals surface area (Å²) in [6.07, 6.45) is 2.84. The highest BCUT2D eigenvalue weighted by atomic mass is 32.1. The topological polar surface area (TPSA) is 55.3 Å². The van der Waals surface area contributed by atoms with Crippen molar-refractivity contribution in [2.45, 2.75) is 26.3 Å². The Hall–Kier alpha value is -3.25. The first-order valence-corrected chi connectivity index (χ1v) is 10.7. The second kappa shape index (κ2) is 9.05. The first kappa shape index (κ1) is 20.0. The molecule has 0 atom stereocenters. The van der Waals surface area contributed by atoms with E-state index < -0.39 is 0 Å². The number of anilines is 1. The van der Waals surface area contributed by atoms with E-state index in [2.05, 4.69) is 4.98 Å². The predicted octanol–water partition coefficient (Wildman–Crippen LogP) is 5.17. The predicted molar refractivity (Wildman–Crippen MR) is 121 cm³/mol. The number of thiazole rings is 1. The van der Waals surface area contributed by atoms with E-state index in [0.29, 0.717) is 30.3 Å². The minimum Gasteiger partial charge on any atom is -0.494 e. The molecule has 0 aliphatic rings. The highest BCUT2D eigenvalue weighted by molar-refractivity contribution is 7.22. The van der Waals surface area contributed by atoms with Crippen LogP contribution in [0.15, 0.2) is 66.9 Å². The lowest BCUT2D eigenvalue weighted by Crippen LogP contribution is -2.30. The van der Waals surface area contributed by atoms with Gasteiger partial charge in [-0.15, -0.1) is 0 Å². The molecule has 0 spiro atoms. The number of aromatic nitrogens is 2. The lowest BCUT2D eigenvalue weighted by molar-refractivity contribution is -0.118. The molecule has 152 valence electrons. The molecule has 4 rings (SSSR count). The van der Waals surface area contributed by atoms with Gasteiger partial charge in [-0.2, -0.15) is 0 Å². The van der Waals surface area contributed by atoms with Gasteiger partial charge in [0.25, 0.3) is 0 Å². The quantitative estimate of drug-likeness (QED) is 0.416. The standard InChI is InChI=1S/C24H23N3O2S/c1-17-11-13-20(29-2)22-23(17)30-24(26-22)27(16-19-10-6-7-15-25-19)21(28)14-12-18-8-4-3-5-9-18/h3-11,13,15H,12,14,16H2,1-2H3. The Bertz CT molecular complexity index is 1140. The molecule has 0 N–H and O–H groups in total. The van der Waals surface area contributed by atoms with Gasteiger partial charge in [-0.05, 0) is 42.7 Å². The van der Waals surface area contributed by atoms with Crippen LogP contribution >= 0.6 is 11.3 Å². The van der Waals surface area contributed by atoms with Gasteiger partial charge in [0, 0.05) is 12.6 Å². The number of nitrogens with zero attached hydrogens (tertiary/aromatic N) is 3. The van der Waals surface area contributed by atoms with Crippen molar-refractivity contribution in [3.8, 4) is 5.75 Å². The van der Waals surface area contributed by atoms with E-state index in [1.807, 2.05) is 67.6 Å². The molecule has 2 aromatic carbocycles. The zero-order valence-corrected chi connectivity index (χ0v) is 17.9. The molecule has 0 saturated carbocycles. The summed E-state index contributed by atoms with van der Waals surface area (Å²) < 4.78 is 6.52. The van der Waals surface area contributed by atoms with Crippen LogP contribution < -0.4 is 9.64 Å². The molecule has 0 unspecified atom stereocenters. The maximum absolute atomic E-state index is 13.3. The number of ether oxygens (including phenoxy) is 1. The van der Waals surface area contributed by atoms with Crippen molar-refractivity contribution in [3.63, 3.8) is 0 Å². The fraction of sp³-hybridized carbons (Fsp3) is 0.208. The molecule has 0 aliphatic carbocycles. The Morgan fingerprint density at radius 2 is 1.87 bits per heavy atom. The van der Waals surface area contributed by atoms with Crippen LogP contribution in [0.25, 0.3) is 10.2 Å². The molecule has 2 aromatic heterocycles. The lowest BCUT2D eigenvalue weighted by Gasteiger charge is -2.19. The zero-order chi connectivity index (χ0) is 20.9. The lowest BCUT2D eigenvalue weighted by atomic mass is 10.1. The summed E-state index contributed by atoms with van der Waals surface area (Å²) in [4.78, 5) is 24.2. The SMILES string of the molecule is COc1ccc(C)c2sc(N(Cc3ccccn3)C(=O)CCc3ccccc3)nc12. The molecular weight excluding hydrogens is 394 g/mol. The number of hydrogen-bond acceptors (Lipinski definition) is 5. The number of benzene rings is 2.